The van der Waals surface area contributed by atoms with Crippen LogP contribution >= 0.6 is 0 Å². The summed E-state index contributed by atoms with van der Waals surface area (Å²) in [5.74, 6) is -1.77. The Kier molecular flexibility index (Phi) is 6.09. The average molecular weight is 315 g/mol. The van der Waals surface area contributed by atoms with E-state index in [0.29, 0.717) is 6.54 Å². The molecule has 0 aliphatic carbocycles. The Labute approximate surface area is 125 Å². The second kappa shape index (κ2) is 7.58. The smallest absolute Gasteiger partial charge is 0.348 e. The fourth-order valence-corrected chi connectivity index (χ4v) is 1.46. The second-order valence-corrected chi connectivity index (χ2v) is 4.89. The van der Waals surface area contributed by atoms with Crippen LogP contribution in [0.4, 0.5) is 13.2 Å². The molecule has 0 unspecified atom stereocenters. The summed E-state index contributed by atoms with van der Waals surface area (Å²) in [7, 11) is 0. The van der Waals surface area contributed by atoms with Crippen LogP contribution in [0.5, 0.6) is 0 Å². The van der Waals surface area contributed by atoms with E-state index in [1.165, 1.54) is 18.2 Å². The van der Waals surface area contributed by atoms with Gasteiger partial charge in [-0.15, -0.1) is 0 Å². The highest BCUT2D eigenvalue weighted by molar-refractivity contribution is 6.35. The van der Waals surface area contributed by atoms with Gasteiger partial charge in [-0.2, -0.15) is 18.3 Å². The molecule has 0 saturated carbocycles. The lowest BCUT2D eigenvalue weighted by atomic mass is 10.1. The molecule has 2 amide bonds. The molecule has 0 bridgehead atoms. The normalized spacial score (nSPS) is 11.7. The van der Waals surface area contributed by atoms with Crippen molar-refractivity contribution in [3.63, 3.8) is 0 Å². The van der Waals surface area contributed by atoms with Crippen molar-refractivity contribution in [3.05, 3.63) is 35.4 Å². The molecule has 0 radical (unpaired) electrons. The number of alkyl halides is 3. The third-order valence-corrected chi connectivity index (χ3v) is 2.51. The van der Waals surface area contributed by atoms with E-state index in [1.807, 2.05) is 19.3 Å². The maximum atomic E-state index is 12.7. The van der Waals surface area contributed by atoms with Crippen LogP contribution in [-0.4, -0.2) is 24.6 Å². The van der Waals surface area contributed by atoms with Crippen molar-refractivity contribution in [2.45, 2.75) is 20.0 Å². The fourth-order valence-electron chi connectivity index (χ4n) is 1.46. The molecule has 0 aliphatic rings. The van der Waals surface area contributed by atoms with Gasteiger partial charge in [-0.25, -0.2) is 5.43 Å². The molecule has 0 aromatic heterocycles. The predicted molar refractivity (Wildman–Crippen MR) is 75.0 cm³/mol. The van der Waals surface area contributed by atoms with Gasteiger partial charge in [-0.05, 0) is 12.0 Å². The number of hydrazone groups is 1. The standard InChI is InChI=1S/C14H16F3N3O2/c1-9(2)7-18-12(21)13(22)20-19-8-10-5-3-4-6-11(10)14(15,16)17/h3-6,8-9H,7H2,1-2H3,(H,18,21)(H,20,22)/b19-8-. The first-order valence-electron chi connectivity index (χ1n) is 6.49. The zero-order valence-electron chi connectivity index (χ0n) is 12.1. The highest BCUT2D eigenvalue weighted by Gasteiger charge is 2.32. The molecule has 2 N–H and O–H groups in total. The van der Waals surface area contributed by atoms with Gasteiger partial charge in [0, 0.05) is 12.1 Å². The summed E-state index contributed by atoms with van der Waals surface area (Å²) < 4.78 is 38.2. The van der Waals surface area contributed by atoms with Crippen molar-refractivity contribution < 1.29 is 22.8 Å². The van der Waals surface area contributed by atoms with Gasteiger partial charge in [-0.1, -0.05) is 32.0 Å². The maximum Gasteiger partial charge on any atom is 0.417 e. The SMILES string of the molecule is CC(C)CNC(=O)C(=O)N/N=C\c1ccccc1C(F)(F)F. The lowest BCUT2D eigenvalue weighted by Crippen LogP contribution is -2.39. The van der Waals surface area contributed by atoms with Gasteiger partial charge in [-0.3, -0.25) is 9.59 Å². The van der Waals surface area contributed by atoms with Gasteiger partial charge in [0.25, 0.3) is 0 Å². The van der Waals surface area contributed by atoms with Crippen LogP contribution in [0.2, 0.25) is 0 Å². The molecule has 0 fully saturated rings. The molecule has 0 atom stereocenters. The molecule has 5 nitrogen and oxygen atoms in total. The summed E-state index contributed by atoms with van der Waals surface area (Å²) in [5.41, 5.74) is 0.797. The Balaban J connectivity index is 2.67. The number of carbonyl (C=O) groups excluding carboxylic acids is 2. The molecular weight excluding hydrogens is 299 g/mol. The summed E-state index contributed by atoms with van der Waals surface area (Å²) in [6.45, 7) is 4.02. The van der Waals surface area contributed by atoms with E-state index in [2.05, 4.69) is 10.4 Å². The minimum atomic E-state index is -4.53. The number of hydrogen-bond donors (Lipinski definition) is 2. The first-order valence-corrected chi connectivity index (χ1v) is 6.49. The molecule has 0 saturated heterocycles. The lowest BCUT2D eigenvalue weighted by molar-refractivity contribution is -0.139. The van der Waals surface area contributed by atoms with Gasteiger partial charge >= 0.3 is 18.0 Å². The van der Waals surface area contributed by atoms with Crippen molar-refractivity contribution in [1.29, 1.82) is 0 Å². The van der Waals surface area contributed by atoms with Crippen molar-refractivity contribution >= 4 is 18.0 Å². The number of nitrogens with one attached hydrogen (secondary N) is 2. The van der Waals surface area contributed by atoms with Gasteiger partial charge in [0.1, 0.15) is 0 Å². The Morgan fingerprint density at radius 3 is 2.45 bits per heavy atom. The van der Waals surface area contributed by atoms with E-state index in [4.69, 9.17) is 0 Å². The predicted octanol–water partition coefficient (Wildman–Crippen LogP) is 1.93. The van der Waals surface area contributed by atoms with Gasteiger partial charge in [0.15, 0.2) is 0 Å². The van der Waals surface area contributed by atoms with E-state index in [1.54, 1.807) is 0 Å². The van der Waals surface area contributed by atoms with Crippen LogP contribution in [0.1, 0.15) is 25.0 Å². The maximum absolute atomic E-state index is 12.7. The largest absolute Gasteiger partial charge is 0.417 e. The number of amides is 2. The van der Waals surface area contributed by atoms with E-state index in [9.17, 15) is 22.8 Å². The third-order valence-electron chi connectivity index (χ3n) is 2.51. The Morgan fingerprint density at radius 2 is 1.86 bits per heavy atom. The lowest BCUT2D eigenvalue weighted by Gasteiger charge is -2.09. The highest BCUT2D eigenvalue weighted by Crippen LogP contribution is 2.30. The number of hydrogen-bond acceptors (Lipinski definition) is 3. The minimum Gasteiger partial charge on any atom is -0.348 e. The molecule has 0 heterocycles. The molecule has 1 rings (SSSR count). The second-order valence-electron chi connectivity index (χ2n) is 4.89. The van der Waals surface area contributed by atoms with E-state index in [-0.39, 0.29) is 11.5 Å². The minimum absolute atomic E-state index is 0.166. The van der Waals surface area contributed by atoms with E-state index >= 15 is 0 Å². The van der Waals surface area contributed by atoms with Crippen LogP contribution in [-0.2, 0) is 15.8 Å². The Hall–Kier alpha value is -2.38. The van der Waals surface area contributed by atoms with E-state index < -0.39 is 23.6 Å². The van der Waals surface area contributed by atoms with Gasteiger partial charge in [0.2, 0.25) is 0 Å². The third kappa shape index (κ3) is 5.55. The molecule has 22 heavy (non-hydrogen) atoms. The first-order chi connectivity index (χ1) is 10.2. The van der Waals surface area contributed by atoms with Crippen LogP contribution in [0.25, 0.3) is 0 Å². The zero-order valence-corrected chi connectivity index (χ0v) is 12.1. The monoisotopic (exact) mass is 315 g/mol. The Morgan fingerprint density at radius 1 is 1.23 bits per heavy atom. The van der Waals surface area contributed by atoms with Crippen molar-refractivity contribution in [3.8, 4) is 0 Å². The number of rotatable bonds is 4. The average Bonchev–Trinajstić information content (AvgIpc) is 2.44. The number of nitrogens with zero attached hydrogens (tertiary/aromatic N) is 1. The molecule has 0 aliphatic heterocycles. The van der Waals surface area contributed by atoms with Crippen LogP contribution < -0.4 is 10.7 Å². The van der Waals surface area contributed by atoms with Crippen molar-refractivity contribution in [1.82, 2.24) is 10.7 Å². The van der Waals surface area contributed by atoms with Crippen molar-refractivity contribution in [2.75, 3.05) is 6.54 Å². The van der Waals surface area contributed by atoms with Crippen LogP contribution in [0, 0.1) is 5.92 Å². The number of halogens is 3. The number of benzene rings is 1. The molecule has 8 heteroatoms. The summed E-state index contributed by atoms with van der Waals surface area (Å²) in [4.78, 5) is 22.7. The quantitative estimate of drug-likeness (QED) is 0.506. The van der Waals surface area contributed by atoms with Crippen LogP contribution in [0.15, 0.2) is 29.4 Å². The van der Waals surface area contributed by atoms with Gasteiger partial charge in [0.05, 0.1) is 11.8 Å². The summed E-state index contributed by atoms with van der Waals surface area (Å²) >= 11 is 0. The van der Waals surface area contributed by atoms with Crippen LogP contribution in [0.3, 0.4) is 0 Å². The highest BCUT2D eigenvalue weighted by atomic mass is 19.4. The zero-order chi connectivity index (χ0) is 16.8. The molecular formula is C14H16F3N3O2. The molecule has 1 aromatic carbocycles. The fraction of sp³-hybridized carbons (Fsp3) is 0.357. The summed E-state index contributed by atoms with van der Waals surface area (Å²) in [6.07, 6.45) is -3.68. The molecule has 1 aromatic rings. The molecule has 0 spiro atoms. The topological polar surface area (TPSA) is 70.6 Å². The van der Waals surface area contributed by atoms with Gasteiger partial charge < -0.3 is 5.32 Å². The summed E-state index contributed by atoms with van der Waals surface area (Å²) in [5, 5.41) is 5.74. The first kappa shape index (κ1) is 17.7. The molecule has 120 valence electrons. The van der Waals surface area contributed by atoms with Crippen molar-refractivity contribution in [2.24, 2.45) is 11.0 Å². The number of carbonyl (C=O) groups is 2. The van der Waals surface area contributed by atoms with E-state index in [0.717, 1.165) is 12.3 Å². The Bertz CT molecular complexity index is 569. The summed E-state index contributed by atoms with van der Waals surface area (Å²) in [6, 6.07) is 4.77.